The topological polar surface area (TPSA) is 128 Å². The molecule has 69 heavy (non-hydrogen) atoms. The fraction of sp³-hybridized carbons (Fsp3) is 0.339. The van der Waals surface area contributed by atoms with E-state index in [0.29, 0.717) is 11.3 Å². The van der Waals surface area contributed by atoms with E-state index in [4.69, 9.17) is 56.8 Å². The molecule has 3 fully saturated rings. The van der Waals surface area contributed by atoms with E-state index >= 15 is 0 Å². The molecule has 3 aliphatic heterocycles. The minimum atomic E-state index is -1.19. The maximum absolute atomic E-state index is 14.3. The summed E-state index contributed by atoms with van der Waals surface area (Å²) >= 11 is 0. The van der Waals surface area contributed by atoms with E-state index in [1.807, 2.05) is 152 Å². The average molecular weight is 939 g/mol. The Labute approximate surface area is 403 Å². The molecular weight excluding hydrogens is 881 g/mol. The van der Waals surface area contributed by atoms with Gasteiger partial charge in [0.2, 0.25) is 0 Å². The third-order valence-electron chi connectivity index (χ3n) is 12.3. The number of carbonyl (C=O) groups is 1. The number of ether oxygens (including phenoxy) is 12. The molecule has 0 aliphatic carbocycles. The summed E-state index contributed by atoms with van der Waals surface area (Å²) in [6.07, 6.45) is -9.98. The van der Waals surface area contributed by atoms with Gasteiger partial charge >= 0.3 is 5.97 Å². The minimum absolute atomic E-state index is 0.0131. The monoisotopic (exact) mass is 938 g/mol. The first-order valence-corrected chi connectivity index (χ1v) is 23.3. The third-order valence-corrected chi connectivity index (χ3v) is 12.3. The predicted molar refractivity (Wildman–Crippen MR) is 253 cm³/mol. The first-order valence-electron chi connectivity index (χ1n) is 23.3. The molecule has 0 spiro atoms. The molecule has 0 radical (unpaired) electrons. The van der Waals surface area contributed by atoms with E-state index in [1.54, 1.807) is 38.5 Å². The van der Waals surface area contributed by atoms with Crippen molar-refractivity contribution in [2.75, 3.05) is 27.4 Å². The lowest BCUT2D eigenvalue weighted by Crippen LogP contribution is -2.67. The van der Waals surface area contributed by atoms with Crippen LogP contribution < -0.4 is 4.74 Å². The van der Waals surface area contributed by atoms with Crippen LogP contribution in [0.3, 0.4) is 0 Å². The average Bonchev–Trinajstić information content (AvgIpc) is 3.41. The van der Waals surface area contributed by atoms with Crippen molar-refractivity contribution in [3.8, 4) is 5.75 Å². The summed E-state index contributed by atoms with van der Waals surface area (Å²) in [6.45, 7) is 0.929. The molecule has 0 saturated carbocycles. The third kappa shape index (κ3) is 12.5. The Bertz CT molecular complexity index is 2430. The fourth-order valence-electron chi connectivity index (χ4n) is 8.72. The summed E-state index contributed by atoms with van der Waals surface area (Å²) in [4.78, 5) is 14.3. The van der Waals surface area contributed by atoms with Crippen LogP contribution in [-0.4, -0.2) is 94.8 Å². The number of fused-ring (bicyclic) bond motifs is 1. The standard InChI is InChI=1S/C56H58O13/c1-58-44-30-28-42(29-31-44)53(57)67-47-45(36-60-32-38-18-8-3-9-19-38)66-56(51(62-34-40-22-12-5-13-23-40)49(47)61-33-39-20-10-4-11-21-39)69-50-48-46(37-64-54(68-48)43-26-16-7-17-27-43)65-55(59-2)52(50)63-35-41-24-14-6-15-25-41/h3-31,45-52,54-56H,32-37H2,1-2H3/t45-,46-,47-,48-,49+,50+,51+,52-,54-,55+,56+/m1/s1. The van der Waals surface area contributed by atoms with Crippen LogP contribution in [0.2, 0.25) is 0 Å². The Morgan fingerprint density at radius 3 is 1.57 bits per heavy atom. The Balaban J connectivity index is 1.11. The Morgan fingerprint density at radius 2 is 1.03 bits per heavy atom. The Morgan fingerprint density at radius 1 is 0.522 bits per heavy atom. The first kappa shape index (κ1) is 48.2. The van der Waals surface area contributed by atoms with Gasteiger partial charge in [-0.15, -0.1) is 0 Å². The summed E-state index contributed by atoms with van der Waals surface area (Å²) in [5.41, 5.74) is 4.82. The van der Waals surface area contributed by atoms with Crippen LogP contribution in [-0.2, 0) is 78.5 Å². The predicted octanol–water partition coefficient (Wildman–Crippen LogP) is 8.79. The number of benzene rings is 6. The molecule has 6 aromatic carbocycles. The number of methoxy groups -OCH3 is 2. The van der Waals surface area contributed by atoms with Crippen molar-refractivity contribution in [1.29, 1.82) is 0 Å². The largest absolute Gasteiger partial charge is 0.497 e. The molecule has 3 heterocycles. The maximum Gasteiger partial charge on any atom is 0.338 e. The van der Waals surface area contributed by atoms with Crippen LogP contribution in [0.4, 0.5) is 0 Å². The molecule has 0 amide bonds. The Kier molecular flexibility index (Phi) is 16.9. The highest BCUT2D eigenvalue weighted by atomic mass is 16.8. The number of hydrogen-bond acceptors (Lipinski definition) is 13. The van der Waals surface area contributed by atoms with Gasteiger partial charge in [-0.05, 0) is 46.5 Å². The number of esters is 1. The van der Waals surface area contributed by atoms with Crippen molar-refractivity contribution >= 4 is 5.97 Å². The van der Waals surface area contributed by atoms with E-state index in [1.165, 1.54) is 0 Å². The van der Waals surface area contributed by atoms with Crippen LogP contribution in [0.15, 0.2) is 176 Å². The summed E-state index contributed by atoms with van der Waals surface area (Å²) in [5.74, 6) is -0.000154. The fourth-order valence-corrected chi connectivity index (χ4v) is 8.72. The van der Waals surface area contributed by atoms with Gasteiger partial charge in [-0.3, -0.25) is 0 Å². The second-order valence-electron chi connectivity index (χ2n) is 17.0. The van der Waals surface area contributed by atoms with Gasteiger partial charge in [0.15, 0.2) is 25.0 Å². The van der Waals surface area contributed by atoms with Crippen LogP contribution in [0.1, 0.15) is 44.5 Å². The van der Waals surface area contributed by atoms with Gasteiger partial charge in [0.05, 0.1) is 52.3 Å². The Hall–Kier alpha value is -5.81. The molecule has 360 valence electrons. The van der Waals surface area contributed by atoms with Crippen LogP contribution in [0.5, 0.6) is 5.75 Å². The number of hydrogen-bond donors (Lipinski definition) is 0. The van der Waals surface area contributed by atoms with Crippen molar-refractivity contribution in [3.63, 3.8) is 0 Å². The molecule has 0 unspecified atom stereocenters. The smallest absolute Gasteiger partial charge is 0.338 e. The van der Waals surface area contributed by atoms with Gasteiger partial charge in [-0.1, -0.05) is 152 Å². The molecule has 0 aromatic heterocycles. The van der Waals surface area contributed by atoms with Gasteiger partial charge in [0.25, 0.3) is 0 Å². The van der Waals surface area contributed by atoms with Crippen LogP contribution in [0.25, 0.3) is 0 Å². The van der Waals surface area contributed by atoms with Crippen molar-refractivity contribution in [2.45, 2.75) is 94.1 Å². The second kappa shape index (κ2) is 24.2. The lowest BCUT2D eigenvalue weighted by molar-refractivity contribution is -0.398. The van der Waals surface area contributed by atoms with Gasteiger partial charge in [-0.25, -0.2) is 4.79 Å². The zero-order valence-electron chi connectivity index (χ0n) is 38.6. The van der Waals surface area contributed by atoms with E-state index in [0.717, 1.165) is 27.8 Å². The van der Waals surface area contributed by atoms with E-state index in [-0.39, 0.29) is 39.6 Å². The zero-order chi connectivity index (χ0) is 47.2. The highest BCUT2D eigenvalue weighted by molar-refractivity contribution is 5.89. The summed E-state index contributed by atoms with van der Waals surface area (Å²) in [7, 11) is 3.13. The van der Waals surface area contributed by atoms with Crippen LogP contribution >= 0.6 is 0 Å². The van der Waals surface area contributed by atoms with E-state index < -0.39 is 73.7 Å². The first-order chi connectivity index (χ1) is 34.0. The molecule has 13 nitrogen and oxygen atoms in total. The summed E-state index contributed by atoms with van der Waals surface area (Å²) in [5, 5.41) is 0. The molecule has 13 heteroatoms. The molecule has 0 bridgehead atoms. The van der Waals surface area contributed by atoms with Crippen molar-refractivity contribution in [1.82, 2.24) is 0 Å². The SMILES string of the molecule is COc1ccc(C(=O)O[C@H]2[C@H](OCc3ccccc3)[C@H](OCc3ccccc3)[C@H](O[C@@H]3[C@@H](OCc4ccccc4)[C@@H](OC)O[C@@H]4CO[C@@H](c5ccccc5)O[C@@H]34)O[C@@H]2COCc2ccccc2)cc1. The number of carbonyl (C=O) groups excluding carboxylic acids is 1. The molecule has 3 saturated heterocycles. The highest BCUT2D eigenvalue weighted by Gasteiger charge is 2.56. The van der Waals surface area contributed by atoms with Crippen molar-refractivity contribution in [2.24, 2.45) is 0 Å². The molecular formula is C56H58O13. The lowest BCUT2D eigenvalue weighted by atomic mass is 9.95. The van der Waals surface area contributed by atoms with E-state index in [9.17, 15) is 4.79 Å². The molecule has 9 rings (SSSR count). The quantitative estimate of drug-likeness (QED) is 0.0678. The normalized spacial score (nSPS) is 26.7. The van der Waals surface area contributed by atoms with Gasteiger partial charge < -0.3 is 56.8 Å². The molecule has 11 atom stereocenters. The minimum Gasteiger partial charge on any atom is -0.497 e. The van der Waals surface area contributed by atoms with Gasteiger partial charge in [0, 0.05) is 12.7 Å². The maximum atomic E-state index is 14.3. The van der Waals surface area contributed by atoms with Crippen molar-refractivity contribution < 1.29 is 61.6 Å². The summed E-state index contributed by atoms with van der Waals surface area (Å²) < 4.78 is 79.2. The molecule has 0 N–H and O–H groups in total. The summed E-state index contributed by atoms with van der Waals surface area (Å²) in [6, 6.07) is 55.6. The van der Waals surface area contributed by atoms with Gasteiger partial charge in [-0.2, -0.15) is 0 Å². The van der Waals surface area contributed by atoms with E-state index in [2.05, 4.69) is 0 Å². The van der Waals surface area contributed by atoms with Crippen LogP contribution in [0, 0.1) is 0 Å². The highest BCUT2D eigenvalue weighted by Crippen LogP contribution is 2.40. The second-order valence-corrected chi connectivity index (χ2v) is 17.0. The zero-order valence-corrected chi connectivity index (χ0v) is 38.6. The van der Waals surface area contributed by atoms with Gasteiger partial charge in [0.1, 0.15) is 48.5 Å². The van der Waals surface area contributed by atoms with Crippen molar-refractivity contribution in [3.05, 3.63) is 209 Å². The molecule has 6 aromatic rings. The number of rotatable bonds is 20. The molecule has 3 aliphatic rings. The lowest BCUT2D eigenvalue weighted by Gasteiger charge is -2.51.